The molecule has 4 aromatic rings. The van der Waals surface area contributed by atoms with Crippen molar-refractivity contribution < 1.29 is 0 Å². The number of hydrogen-bond donors (Lipinski definition) is 2. The minimum Gasteiger partial charge on any atom is -0.399 e. The first-order valence-electron chi connectivity index (χ1n) is 21.9. The minimum atomic E-state index is 0. The maximum Gasteiger partial charge on any atom is 0.0891 e. The molecule has 2 nitrogen and oxygen atoms in total. The van der Waals surface area contributed by atoms with Crippen LogP contribution in [0.3, 0.4) is 0 Å². The fraction of sp³-hybridized carbons (Fsp3) is 0.293. The molecule has 60 heavy (non-hydrogen) atoms. The highest BCUT2D eigenvalue weighted by molar-refractivity contribution is 5.84. The standard InChI is InChI=1S/C27H37N.C24H19.C6H7N.CH4/c1-4-6-8-16-25-18-12-20-27(3,21-22-28-23-25)26(13-5-2)19-11-17-24-14-9-7-10-15-24;1-2-8-17(9-3-1)18-14-15-23-21-12-5-4-10-19(21)20-11-6-7-13-22(20)24(23)16-18;7-6-4-2-1-3-5-6;/h4,6-10,12-16,20,23,28H,5,11,17-19,21-22H2,1-3H3;5-8,11-16,21H,1-3,9H2;1-5H,7H2;1H4/b6-4-,16-8-,20-12-,25-23-,26-13+;;;. The third-order valence-electron chi connectivity index (χ3n) is 11.7. The molecule has 0 spiro atoms. The van der Waals surface area contributed by atoms with Crippen LogP contribution in [0.4, 0.5) is 5.69 Å². The van der Waals surface area contributed by atoms with Crippen LogP contribution in [0.25, 0.3) is 16.7 Å². The highest BCUT2D eigenvalue weighted by Gasteiger charge is 2.33. The fourth-order valence-corrected chi connectivity index (χ4v) is 8.50. The van der Waals surface area contributed by atoms with Crippen LogP contribution in [0.2, 0.25) is 0 Å². The Morgan fingerprint density at radius 3 is 2.38 bits per heavy atom. The molecule has 309 valence electrons. The lowest BCUT2D eigenvalue weighted by molar-refractivity contribution is 0.441. The molecule has 1 radical (unpaired) electrons. The van der Waals surface area contributed by atoms with Gasteiger partial charge in [0.15, 0.2) is 0 Å². The molecule has 8 rings (SSSR count). The molecule has 0 amide bonds. The molecule has 2 heteroatoms. The van der Waals surface area contributed by atoms with Gasteiger partial charge in [-0.3, -0.25) is 0 Å². The van der Waals surface area contributed by atoms with E-state index in [4.69, 9.17) is 5.73 Å². The fourth-order valence-electron chi connectivity index (χ4n) is 8.50. The smallest absolute Gasteiger partial charge is 0.0891 e. The molecule has 2 unspecified atom stereocenters. The van der Waals surface area contributed by atoms with Gasteiger partial charge in [0.1, 0.15) is 0 Å². The molecule has 3 N–H and O–H groups in total. The van der Waals surface area contributed by atoms with Crippen molar-refractivity contribution in [3.05, 3.63) is 209 Å². The van der Waals surface area contributed by atoms with Crippen LogP contribution in [0, 0.1) is 23.2 Å². The number of hydrogen-bond acceptors (Lipinski definition) is 2. The van der Waals surface area contributed by atoms with Crippen LogP contribution >= 0.6 is 0 Å². The second kappa shape index (κ2) is 23.7. The number of nitrogens with two attached hydrogens (primary N) is 1. The Bertz CT molecular complexity index is 2230. The maximum absolute atomic E-state index is 5.36. The highest BCUT2D eigenvalue weighted by Crippen LogP contribution is 2.48. The van der Waals surface area contributed by atoms with Crippen LogP contribution in [-0.4, -0.2) is 6.54 Å². The van der Waals surface area contributed by atoms with Crippen LogP contribution in [0.5, 0.6) is 0 Å². The van der Waals surface area contributed by atoms with Gasteiger partial charge in [-0.25, -0.2) is 0 Å². The van der Waals surface area contributed by atoms with Crippen LogP contribution in [-0.2, 0) is 6.42 Å². The third kappa shape index (κ3) is 12.6. The number of nitrogens with one attached hydrogen (secondary N) is 1. The Balaban J connectivity index is 0.000000194. The number of fused-ring (bicyclic) bond motifs is 6. The van der Waals surface area contributed by atoms with E-state index in [2.05, 4.69) is 165 Å². The highest BCUT2D eigenvalue weighted by atomic mass is 14.8. The van der Waals surface area contributed by atoms with Gasteiger partial charge in [0.25, 0.3) is 0 Å². The number of nitrogen functional groups attached to an aromatic ring is 1. The van der Waals surface area contributed by atoms with Gasteiger partial charge in [-0.15, -0.1) is 0 Å². The second-order valence-electron chi connectivity index (χ2n) is 16.1. The lowest BCUT2D eigenvalue weighted by Gasteiger charge is -2.32. The molecular formula is C58H67N2. The SMILES string of the molecule is C.C1#C[C]2c3ccccc3-c3cc(C4=CCCCC4)ccc3C2C=C1.C\C=C/C=C\C1=C\NCCC(C)(/C(=C/CC)CCCc2ccccc2)/C=C\C1.Nc1ccccc1. The van der Waals surface area contributed by atoms with E-state index in [9.17, 15) is 0 Å². The largest absolute Gasteiger partial charge is 0.399 e. The third-order valence-corrected chi connectivity index (χ3v) is 11.7. The minimum absolute atomic E-state index is 0. The summed E-state index contributed by atoms with van der Waals surface area (Å²) in [4.78, 5) is 0. The number of rotatable bonds is 9. The van der Waals surface area contributed by atoms with Crippen LogP contribution in [0.1, 0.15) is 114 Å². The summed E-state index contributed by atoms with van der Waals surface area (Å²) in [5.74, 6) is 8.07. The molecule has 4 aromatic carbocycles. The molecule has 1 aliphatic heterocycles. The average Bonchev–Trinajstić information content (AvgIpc) is 3.38. The van der Waals surface area contributed by atoms with Crippen molar-refractivity contribution in [3.63, 3.8) is 0 Å². The van der Waals surface area contributed by atoms with E-state index in [1.807, 2.05) is 43.3 Å². The van der Waals surface area contributed by atoms with Gasteiger partial charge in [0.05, 0.1) is 5.92 Å². The van der Waals surface area contributed by atoms with E-state index < -0.39 is 0 Å². The lowest BCUT2D eigenvalue weighted by atomic mass is 9.70. The molecular weight excluding hydrogens is 725 g/mol. The molecule has 1 heterocycles. The average molecular weight is 792 g/mol. The number of benzene rings is 4. The van der Waals surface area contributed by atoms with Crippen LogP contribution < -0.4 is 11.1 Å². The Labute approximate surface area is 363 Å². The number of allylic oxidation sites excluding steroid dienone is 13. The first kappa shape index (κ1) is 45.3. The number of anilines is 1. The molecule has 3 aliphatic carbocycles. The molecule has 0 saturated heterocycles. The predicted molar refractivity (Wildman–Crippen MR) is 262 cm³/mol. The van der Waals surface area contributed by atoms with E-state index in [-0.39, 0.29) is 12.8 Å². The summed E-state index contributed by atoms with van der Waals surface area (Å²) < 4.78 is 0. The molecule has 4 aliphatic rings. The summed E-state index contributed by atoms with van der Waals surface area (Å²) in [5, 5.41) is 3.53. The van der Waals surface area contributed by atoms with E-state index >= 15 is 0 Å². The lowest BCUT2D eigenvalue weighted by Crippen LogP contribution is -2.22. The van der Waals surface area contributed by atoms with Crippen molar-refractivity contribution in [2.24, 2.45) is 5.41 Å². The zero-order chi connectivity index (χ0) is 41.1. The monoisotopic (exact) mass is 792 g/mol. The van der Waals surface area contributed by atoms with Gasteiger partial charge >= 0.3 is 0 Å². The molecule has 0 bridgehead atoms. The van der Waals surface area contributed by atoms with Gasteiger partial charge < -0.3 is 11.1 Å². The van der Waals surface area contributed by atoms with Gasteiger partial charge in [-0.2, -0.15) is 0 Å². The van der Waals surface area contributed by atoms with Crippen molar-refractivity contribution in [1.29, 1.82) is 0 Å². The van der Waals surface area contributed by atoms with Crippen molar-refractivity contribution in [3.8, 4) is 23.0 Å². The van der Waals surface area contributed by atoms with Crippen molar-refractivity contribution in [2.45, 2.75) is 98.3 Å². The number of aryl methyl sites for hydroxylation is 1. The number of para-hydroxylation sites is 1. The van der Waals surface area contributed by atoms with Crippen molar-refractivity contribution in [1.82, 2.24) is 5.32 Å². The Kier molecular flexibility index (Phi) is 17.9. The Morgan fingerprint density at radius 2 is 1.67 bits per heavy atom. The maximum atomic E-state index is 5.36. The summed E-state index contributed by atoms with van der Waals surface area (Å²) in [5.41, 5.74) is 19.0. The summed E-state index contributed by atoms with van der Waals surface area (Å²) in [7, 11) is 0. The van der Waals surface area contributed by atoms with E-state index in [1.54, 1.807) is 5.57 Å². The van der Waals surface area contributed by atoms with E-state index in [1.165, 1.54) is 89.0 Å². The Morgan fingerprint density at radius 1 is 0.900 bits per heavy atom. The summed E-state index contributed by atoms with van der Waals surface area (Å²) in [6.45, 7) is 7.71. The summed E-state index contributed by atoms with van der Waals surface area (Å²) >= 11 is 0. The summed E-state index contributed by atoms with van der Waals surface area (Å²) in [6.07, 6.45) is 36.4. The van der Waals surface area contributed by atoms with Crippen molar-refractivity contribution >= 4 is 11.3 Å². The molecule has 0 saturated carbocycles. The summed E-state index contributed by atoms with van der Waals surface area (Å²) in [6, 6.07) is 36.1. The van der Waals surface area contributed by atoms with E-state index in [0.717, 1.165) is 37.9 Å². The van der Waals surface area contributed by atoms with Crippen molar-refractivity contribution in [2.75, 3.05) is 12.3 Å². The van der Waals surface area contributed by atoms with Gasteiger partial charge in [0, 0.05) is 23.6 Å². The first-order valence-corrected chi connectivity index (χ1v) is 21.9. The predicted octanol–water partition coefficient (Wildman–Crippen LogP) is 15.1. The van der Waals surface area contributed by atoms with Gasteiger partial charge in [-0.1, -0.05) is 178 Å². The van der Waals surface area contributed by atoms with Gasteiger partial charge in [0.2, 0.25) is 0 Å². The zero-order valence-corrected chi connectivity index (χ0v) is 35.6. The molecule has 0 aromatic heterocycles. The second-order valence-corrected chi connectivity index (χ2v) is 16.1. The normalized spacial score (nSPS) is 20.7. The zero-order valence-electron chi connectivity index (χ0n) is 35.6. The van der Waals surface area contributed by atoms with Crippen LogP contribution in [0.15, 0.2) is 181 Å². The van der Waals surface area contributed by atoms with Gasteiger partial charge in [-0.05, 0) is 146 Å². The Hall–Kier alpha value is -5.78. The first-order chi connectivity index (χ1) is 29.0. The quantitative estimate of drug-likeness (QED) is 0.0767. The van der Waals surface area contributed by atoms with E-state index in [0.29, 0.717) is 5.92 Å². The molecule has 0 fully saturated rings. The topological polar surface area (TPSA) is 38.0 Å². The molecule has 2 atom stereocenters.